The molecule has 2 rings (SSSR count). The van der Waals surface area contributed by atoms with Crippen LogP contribution >= 0.6 is 11.6 Å². The molecule has 138 valence electrons. The fourth-order valence-electron chi connectivity index (χ4n) is 2.91. The van der Waals surface area contributed by atoms with Crippen LogP contribution in [-0.4, -0.2) is 23.0 Å². The minimum atomic E-state index is -1.00. The van der Waals surface area contributed by atoms with Gasteiger partial charge < -0.3 is 10.4 Å². The molecular weight excluding hydrogens is 350 g/mol. The van der Waals surface area contributed by atoms with Gasteiger partial charge in [-0.2, -0.15) is 0 Å². The second kappa shape index (κ2) is 9.39. The number of nitrogens with one attached hydrogen (secondary N) is 1. The Bertz CT molecular complexity index is 754. The molecule has 0 heterocycles. The van der Waals surface area contributed by atoms with E-state index in [0.29, 0.717) is 17.0 Å². The third-order valence-corrected chi connectivity index (χ3v) is 4.99. The summed E-state index contributed by atoms with van der Waals surface area (Å²) in [7, 11) is 0. The SMILES string of the molecule is CCC(CC)C[C@H](NC(=O)c1ccc(-c2ccccc2Cl)cc1)C(=O)O. The van der Waals surface area contributed by atoms with E-state index in [2.05, 4.69) is 5.32 Å². The Morgan fingerprint density at radius 1 is 1.04 bits per heavy atom. The Labute approximate surface area is 159 Å². The Morgan fingerprint density at radius 2 is 1.65 bits per heavy atom. The van der Waals surface area contributed by atoms with Crippen molar-refractivity contribution in [2.24, 2.45) is 5.92 Å². The summed E-state index contributed by atoms with van der Waals surface area (Å²) in [5, 5.41) is 12.7. The van der Waals surface area contributed by atoms with Gasteiger partial charge in [-0.25, -0.2) is 4.79 Å². The number of hydrogen-bond donors (Lipinski definition) is 2. The summed E-state index contributed by atoms with van der Waals surface area (Å²) in [6, 6.07) is 13.6. The highest BCUT2D eigenvalue weighted by atomic mass is 35.5. The first-order valence-corrected chi connectivity index (χ1v) is 9.22. The minimum absolute atomic E-state index is 0.277. The molecule has 0 radical (unpaired) electrons. The molecule has 2 aromatic rings. The molecule has 0 fully saturated rings. The van der Waals surface area contributed by atoms with Gasteiger partial charge >= 0.3 is 5.97 Å². The largest absolute Gasteiger partial charge is 0.480 e. The zero-order valence-electron chi connectivity index (χ0n) is 15.0. The van der Waals surface area contributed by atoms with Crippen molar-refractivity contribution < 1.29 is 14.7 Å². The van der Waals surface area contributed by atoms with E-state index in [1.165, 1.54) is 0 Å². The van der Waals surface area contributed by atoms with Gasteiger partial charge in [0.2, 0.25) is 0 Å². The zero-order valence-corrected chi connectivity index (χ0v) is 15.8. The van der Waals surface area contributed by atoms with Gasteiger partial charge in [0.1, 0.15) is 6.04 Å². The summed E-state index contributed by atoms with van der Waals surface area (Å²) >= 11 is 6.20. The van der Waals surface area contributed by atoms with Gasteiger partial charge in [0.05, 0.1) is 0 Å². The Kier molecular flexibility index (Phi) is 7.22. The van der Waals surface area contributed by atoms with Gasteiger partial charge in [-0.1, -0.05) is 68.6 Å². The van der Waals surface area contributed by atoms with Gasteiger partial charge in [0.25, 0.3) is 5.91 Å². The molecule has 0 aliphatic heterocycles. The van der Waals surface area contributed by atoms with Crippen molar-refractivity contribution in [2.45, 2.75) is 39.2 Å². The summed E-state index contributed by atoms with van der Waals surface area (Å²) in [6.45, 7) is 4.06. The van der Waals surface area contributed by atoms with E-state index < -0.39 is 12.0 Å². The van der Waals surface area contributed by atoms with Gasteiger partial charge in [0, 0.05) is 16.1 Å². The first kappa shape index (κ1) is 20.0. The third kappa shape index (κ3) is 5.09. The van der Waals surface area contributed by atoms with E-state index in [1.807, 2.05) is 50.2 Å². The molecule has 2 aromatic carbocycles. The number of carboxylic acid groups (broad SMARTS) is 1. The highest BCUT2D eigenvalue weighted by Crippen LogP contribution is 2.27. The molecular formula is C21H24ClNO3. The highest BCUT2D eigenvalue weighted by Gasteiger charge is 2.23. The molecule has 0 bridgehead atoms. The number of benzene rings is 2. The number of rotatable bonds is 8. The fraction of sp³-hybridized carbons (Fsp3) is 0.333. The van der Waals surface area contributed by atoms with E-state index in [-0.39, 0.29) is 11.8 Å². The van der Waals surface area contributed by atoms with Crippen molar-refractivity contribution in [3.8, 4) is 11.1 Å². The molecule has 5 heteroatoms. The second-order valence-electron chi connectivity index (χ2n) is 6.34. The summed E-state index contributed by atoms with van der Waals surface area (Å²) < 4.78 is 0. The number of carbonyl (C=O) groups is 2. The van der Waals surface area contributed by atoms with Crippen LogP contribution in [0.15, 0.2) is 48.5 Å². The second-order valence-corrected chi connectivity index (χ2v) is 6.75. The van der Waals surface area contributed by atoms with Gasteiger partial charge in [-0.15, -0.1) is 0 Å². The molecule has 1 amide bonds. The number of carboxylic acids is 1. The molecule has 26 heavy (non-hydrogen) atoms. The molecule has 0 saturated carbocycles. The standard InChI is InChI=1S/C21H24ClNO3/c1-3-14(4-2)13-19(21(25)26)23-20(24)16-11-9-15(10-12-16)17-7-5-6-8-18(17)22/h5-12,14,19H,3-4,13H2,1-2H3,(H,23,24)(H,25,26)/t19-/m0/s1. The summed E-state index contributed by atoms with van der Waals surface area (Å²) in [5.41, 5.74) is 2.22. The van der Waals surface area contributed by atoms with Crippen LogP contribution in [0.4, 0.5) is 0 Å². The first-order chi connectivity index (χ1) is 12.5. The smallest absolute Gasteiger partial charge is 0.326 e. The van der Waals surface area contributed by atoms with E-state index in [9.17, 15) is 14.7 Å². The topological polar surface area (TPSA) is 66.4 Å². The monoisotopic (exact) mass is 373 g/mol. The molecule has 0 spiro atoms. The fourth-order valence-corrected chi connectivity index (χ4v) is 3.16. The summed E-state index contributed by atoms with van der Waals surface area (Å²) in [6.07, 6.45) is 2.22. The van der Waals surface area contributed by atoms with Gasteiger partial charge in [0.15, 0.2) is 0 Å². The lowest BCUT2D eigenvalue weighted by atomic mass is 9.94. The zero-order chi connectivity index (χ0) is 19.1. The predicted octanol–water partition coefficient (Wildman–Crippen LogP) is 5.02. The lowest BCUT2D eigenvalue weighted by Crippen LogP contribution is -2.42. The average molecular weight is 374 g/mol. The van der Waals surface area contributed by atoms with Crippen LogP contribution in [0.1, 0.15) is 43.5 Å². The molecule has 0 unspecified atom stereocenters. The molecule has 0 aliphatic rings. The maximum absolute atomic E-state index is 12.4. The molecule has 0 aliphatic carbocycles. The highest BCUT2D eigenvalue weighted by molar-refractivity contribution is 6.33. The maximum Gasteiger partial charge on any atom is 0.326 e. The van der Waals surface area contributed by atoms with Crippen molar-refractivity contribution in [1.29, 1.82) is 0 Å². The van der Waals surface area contributed by atoms with E-state index in [1.54, 1.807) is 12.1 Å². The lowest BCUT2D eigenvalue weighted by molar-refractivity contribution is -0.139. The number of hydrogen-bond acceptors (Lipinski definition) is 2. The molecule has 1 atom stereocenters. The molecule has 4 nitrogen and oxygen atoms in total. The summed E-state index contributed by atoms with van der Waals surface area (Å²) in [4.78, 5) is 23.9. The number of carbonyl (C=O) groups excluding carboxylic acids is 1. The molecule has 0 aromatic heterocycles. The van der Waals surface area contributed by atoms with Crippen molar-refractivity contribution in [2.75, 3.05) is 0 Å². The van der Waals surface area contributed by atoms with Gasteiger partial charge in [-0.05, 0) is 36.1 Å². The van der Waals surface area contributed by atoms with Crippen LogP contribution in [0.25, 0.3) is 11.1 Å². The maximum atomic E-state index is 12.4. The normalized spacial score (nSPS) is 12.0. The number of aliphatic carboxylic acids is 1. The predicted molar refractivity (Wildman–Crippen MR) is 104 cm³/mol. The van der Waals surface area contributed by atoms with Crippen LogP contribution in [0.5, 0.6) is 0 Å². The van der Waals surface area contributed by atoms with Crippen LogP contribution in [0, 0.1) is 5.92 Å². The van der Waals surface area contributed by atoms with Crippen molar-refractivity contribution in [3.05, 3.63) is 59.1 Å². The Balaban J connectivity index is 2.11. The molecule has 0 saturated heterocycles. The summed E-state index contributed by atoms with van der Waals surface area (Å²) in [5.74, 6) is -1.11. The van der Waals surface area contributed by atoms with Crippen LogP contribution in [0.3, 0.4) is 0 Å². The third-order valence-electron chi connectivity index (χ3n) is 4.66. The van der Waals surface area contributed by atoms with Crippen LogP contribution in [-0.2, 0) is 4.79 Å². The van der Waals surface area contributed by atoms with E-state index in [0.717, 1.165) is 24.0 Å². The average Bonchev–Trinajstić information content (AvgIpc) is 2.65. The van der Waals surface area contributed by atoms with Crippen LogP contribution in [0.2, 0.25) is 5.02 Å². The van der Waals surface area contributed by atoms with Crippen LogP contribution < -0.4 is 5.32 Å². The number of halogens is 1. The minimum Gasteiger partial charge on any atom is -0.480 e. The van der Waals surface area contributed by atoms with Gasteiger partial charge in [-0.3, -0.25) is 4.79 Å². The Hall–Kier alpha value is -2.33. The number of amides is 1. The Morgan fingerprint density at radius 3 is 2.19 bits per heavy atom. The van der Waals surface area contributed by atoms with E-state index in [4.69, 9.17) is 11.6 Å². The lowest BCUT2D eigenvalue weighted by Gasteiger charge is -2.19. The van der Waals surface area contributed by atoms with Crippen molar-refractivity contribution in [3.63, 3.8) is 0 Å². The first-order valence-electron chi connectivity index (χ1n) is 8.84. The van der Waals surface area contributed by atoms with E-state index >= 15 is 0 Å². The van der Waals surface area contributed by atoms with Crippen molar-refractivity contribution in [1.82, 2.24) is 5.32 Å². The molecule has 2 N–H and O–H groups in total. The quantitative estimate of drug-likeness (QED) is 0.683. The van der Waals surface area contributed by atoms with Crippen molar-refractivity contribution >= 4 is 23.5 Å².